The lowest BCUT2D eigenvalue weighted by Crippen LogP contribution is -2.12. The Morgan fingerprint density at radius 1 is 0.195 bits per heavy atom. The van der Waals surface area contributed by atoms with Crippen LogP contribution in [0.5, 0.6) is 0 Å². The van der Waals surface area contributed by atoms with Crippen LogP contribution in [0.25, 0.3) is 43.8 Å². The average molecular weight is 1060 g/mol. The molecule has 0 bridgehead atoms. The second-order valence-electron chi connectivity index (χ2n) is 21.8. The lowest BCUT2D eigenvalue weighted by molar-refractivity contribution is 0.591. The molecule has 0 aliphatic rings. The first-order valence-electron chi connectivity index (χ1n) is 28.2. The molecule has 0 amide bonds. The molecule has 13 rings (SSSR count). The molecule has 4 nitrogen and oxygen atoms in total. The number of para-hydroxylation sites is 6. The van der Waals surface area contributed by atoms with Crippen LogP contribution in [0.3, 0.4) is 0 Å². The molecule has 13 aromatic carbocycles. The van der Waals surface area contributed by atoms with E-state index >= 15 is 0 Å². The zero-order valence-electron chi connectivity index (χ0n) is 46.4. The molecule has 0 fully saturated rings. The molecule has 0 spiro atoms. The van der Waals surface area contributed by atoms with Gasteiger partial charge in [-0.2, -0.15) is 0 Å². The molecule has 0 unspecified atom stereocenters. The minimum atomic E-state index is -0.0613. The van der Waals surface area contributed by atoms with Gasteiger partial charge < -0.3 is 19.6 Å². The molecule has 0 atom stereocenters. The Hall–Kier alpha value is -10.4. The molecule has 394 valence electrons. The maximum absolute atomic E-state index is 2.45. The van der Waals surface area contributed by atoms with Crippen molar-refractivity contribution in [2.24, 2.45) is 0 Å². The van der Waals surface area contributed by atoms with Crippen molar-refractivity contribution in [2.75, 3.05) is 19.6 Å². The number of rotatable bonds is 14. The third-order valence-corrected chi connectivity index (χ3v) is 15.5. The van der Waals surface area contributed by atoms with E-state index in [4.69, 9.17) is 0 Å². The summed E-state index contributed by atoms with van der Waals surface area (Å²) in [5.41, 5.74) is 19.1. The predicted molar refractivity (Wildman–Crippen MR) is 350 cm³/mol. The van der Waals surface area contributed by atoms with Gasteiger partial charge in [-0.25, -0.2) is 0 Å². The number of hydrogen-bond donors (Lipinski definition) is 0. The second-order valence-corrected chi connectivity index (χ2v) is 21.8. The smallest absolute Gasteiger partial charge is 0.0463 e. The summed E-state index contributed by atoms with van der Waals surface area (Å²) in [6, 6.07) is 116. The zero-order chi connectivity index (χ0) is 55.4. The molecule has 0 heterocycles. The van der Waals surface area contributed by atoms with Crippen molar-refractivity contribution >= 4 is 89.8 Å². The van der Waals surface area contributed by atoms with Crippen molar-refractivity contribution < 1.29 is 0 Å². The van der Waals surface area contributed by atoms with Crippen LogP contribution in [0.4, 0.5) is 68.2 Å². The average Bonchev–Trinajstić information content (AvgIpc) is 3.54. The maximum Gasteiger partial charge on any atom is 0.0463 e. The summed E-state index contributed by atoms with van der Waals surface area (Å²) < 4.78 is 0. The van der Waals surface area contributed by atoms with Gasteiger partial charge in [0.15, 0.2) is 0 Å². The van der Waals surface area contributed by atoms with E-state index in [1.807, 2.05) is 0 Å². The van der Waals surface area contributed by atoms with Gasteiger partial charge in [0.1, 0.15) is 0 Å². The summed E-state index contributed by atoms with van der Waals surface area (Å²) in [5, 5.41) is 4.89. The fourth-order valence-electron chi connectivity index (χ4n) is 11.6. The molecular weight excluding hydrogens is 993 g/mol. The lowest BCUT2D eigenvalue weighted by atomic mass is 9.81. The van der Waals surface area contributed by atoms with E-state index in [-0.39, 0.29) is 5.41 Å². The SMILES string of the molecule is CC(C)(C)c1ccc2c(-c3ccc(N(c4ccccc4)c4ccc(N(c5ccccc5)c5ccccc5)cc4)cc3)c3ccccc3c(-c3ccc(N(c4ccccc4)c4ccc(N(c5ccccc5)c5ccccc5)cc4)cc3)c2c1. The van der Waals surface area contributed by atoms with Crippen molar-refractivity contribution in [1.82, 2.24) is 0 Å². The molecule has 82 heavy (non-hydrogen) atoms. The second kappa shape index (κ2) is 22.4. The fourth-order valence-corrected chi connectivity index (χ4v) is 11.6. The van der Waals surface area contributed by atoms with Crippen molar-refractivity contribution in [3.8, 4) is 22.3 Å². The van der Waals surface area contributed by atoms with Crippen LogP contribution in [0.15, 0.2) is 322 Å². The van der Waals surface area contributed by atoms with Gasteiger partial charge in [0.2, 0.25) is 0 Å². The highest BCUT2D eigenvalue weighted by Gasteiger charge is 2.23. The highest BCUT2D eigenvalue weighted by Crippen LogP contribution is 2.48. The zero-order valence-corrected chi connectivity index (χ0v) is 46.4. The van der Waals surface area contributed by atoms with E-state index in [9.17, 15) is 0 Å². The van der Waals surface area contributed by atoms with Gasteiger partial charge >= 0.3 is 0 Å². The topological polar surface area (TPSA) is 13.0 Å². The quantitative estimate of drug-likeness (QED) is 0.101. The van der Waals surface area contributed by atoms with Gasteiger partial charge in [0, 0.05) is 68.2 Å². The van der Waals surface area contributed by atoms with E-state index in [0.29, 0.717) is 0 Å². The third kappa shape index (κ3) is 10.1. The standard InChI is InChI=1S/C78H62N4/c1-78(2,3)59-42-55-74-75(56-59)77(58-40-45-67(46-41-58)82(65-34-20-9-21-35-65)71-53-49-69(50-54-71)80(62-28-14-6-15-29-62)63-30-16-7-17-31-63)73-37-23-22-36-72(73)76(74)57-38-43-66(44-39-57)81(64-32-18-8-19-33-64)70-51-47-68(48-52-70)79(60-24-10-4-11-25-60)61-26-12-5-13-27-61/h4-56H,1-3H3. The van der Waals surface area contributed by atoms with Crippen LogP contribution in [0.2, 0.25) is 0 Å². The molecule has 0 saturated heterocycles. The Labute approximate surface area is 482 Å². The van der Waals surface area contributed by atoms with Gasteiger partial charge in [-0.05, 0) is 206 Å². The maximum atomic E-state index is 2.45. The Bertz CT molecular complexity index is 4170. The molecule has 13 aromatic rings. The number of fused-ring (bicyclic) bond motifs is 2. The van der Waals surface area contributed by atoms with Gasteiger partial charge in [-0.1, -0.05) is 191 Å². The third-order valence-electron chi connectivity index (χ3n) is 15.5. The number of benzene rings is 13. The first-order valence-corrected chi connectivity index (χ1v) is 28.2. The Morgan fingerprint density at radius 3 is 0.659 bits per heavy atom. The Morgan fingerprint density at radius 2 is 0.402 bits per heavy atom. The molecule has 0 aromatic heterocycles. The van der Waals surface area contributed by atoms with Crippen LogP contribution in [-0.4, -0.2) is 0 Å². The number of hydrogen-bond acceptors (Lipinski definition) is 4. The molecular formula is C78H62N4. The first-order chi connectivity index (χ1) is 40.3. The van der Waals surface area contributed by atoms with E-state index in [0.717, 1.165) is 68.2 Å². The first kappa shape index (κ1) is 51.0. The normalized spacial score (nSPS) is 11.4. The molecule has 4 heteroatoms. The summed E-state index contributed by atoms with van der Waals surface area (Å²) in [7, 11) is 0. The summed E-state index contributed by atoms with van der Waals surface area (Å²) in [6.45, 7) is 6.93. The van der Waals surface area contributed by atoms with Crippen molar-refractivity contribution in [2.45, 2.75) is 26.2 Å². The number of nitrogens with zero attached hydrogens (tertiary/aromatic N) is 4. The Kier molecular flexibility index (Phi) is 13.9. The van der Waals surface area contributed by atoms with E-state index in [1.165, 1.54) is 49.4 Å². The van der Waals surface area contributed by atoms with Crippen LogP contribution >= 0.6 is 0 Å². The monoisotopic (exact) mass is 1050 g/mol. The van der Waals surface area contributed by atoms with Crippen LogP contribution in [0.1, 0.15) is 26.3 Å². The van der Waals surface area contributed by atoms with Gasteiger partial charge in [-0.15, -0.1) is 0 Å². The predicted octanol–water partition coefficient (Wildman–Crippen LogP) is 22.5. The van der Waals surface area contributed by atoms with Crippen molar-refractivity contribution in [1.29, 1.82) is 0 Å². The molecule has 0 aliphatic carbocycles. The van der Waals surface area contributed by atoms with E-state index < -0.39 is 0 Å². The highest BCUT2D eigenvalue weighted by atomic mass is 15.2. The van der Waals surface area contributed by atoms with Crippen LogP contribution < -0.4 is 19.6 Å². The lowest BCUT2D eigenvalue weighted by Gasteiger charge is -2.28. The molecule has 0 saturated carbocycles. The van der Waals surface area contributed by atoms with Crippen LogP contribution in [0, 0.1) is 0 Å². The van der Waals surface area contributed by atoms with Crippen molar-refractivity contribution in [3.05, 3.63) is 327 Å². The summed E-state index contributed by atoms with van der Waals surface area (Å²) in [4.78, 5) is 9.31. The molecule has 0 radical (unpaired) electrons. The van der Waals surface area contributed by atoms with E-state index in [1.54, 1.807) is 0 Å². The number of anilines is 12. The van der Waals surface area contributed by atoms with Gasteiger partial charge in [0.05, 0.1) is 0 Å². The fraction of sp³-hybridized carbons (Fsp3) is 0.0513. The Balaban J connectivity index is 0.883. The summed E-state index contributed by atoms with van der Waals surface area (Å²) >= 11 is 0. The van der Waals surface area contributed by atoms with Gasteiger partial charge in [0.25, 0.3) is 0 Å². The van der Waals surface area contributed by atoms with Crippen molar-refractivity contribution in [3.63, 3.8) is 0 Å². The summed E-state index contributed by atoms with van der Waals surface area (Å²) in [5.74, 6) is 0. The minimum Gasteiger partial charge on any atom is -0.311 e. The highest BCUT2D eigenvalue weighted by molar-refractivity contribution is 6.21. The van der Waals surface area contributed by atoms with Gasteiger partial charge in [-0.3, -0.25) is 0 Å². The van der Waals surface area contributed by atoms with E-state index in [2.05, 4.69) is 362 Å². The largest absolute Gasteiger partial charge is 0.311 e. The van der Waals surface area contributed by atoms with Crippen LogP contribution in [-0.2, 0) is 5.41 Å². The summed E-state index contributed by atoms with van der Waals surface area (Å²) in [6.07, 6.45) is 0. The molecule has 0 N–H and O–H groups in total. The molecule has 0 aliphatic heterocycles. The minimum absolute atomic E-state index is 0.0613.